The standard InChI is InChI=1S/C15H11N5O2/c21-11-7-14(19-13-3-5-18-20-13)22-12(11)6-9-8-17-15-10(9)2-1-4-16-15/h1-6,8H,7H2,(H,16,17)(H,18,20)/b12-6-,19-14?. The molecule has 0 aromatic carbocycles. The average molecular weight is 293 g/mol. The van der Waals surface area contributed by atoms with Crippen LogP contribution in [0.5, 0.6) is 0 Å². The number of rotatable bonds is 2. The SMILES string of the molecule is O=C1CC(=Nc2ccn[nH]2)O/C1=C\c1c[nH]c2ncccc12. The van der Waals surface area contributed by atoms with Crippen LogP contribution in [0.3, 0.4) is 0 Å². The molecule has 3 aromatic rings. The molecule has 1 aliphatic rings. The summed E-state index contributed by atoms with van der Waals surface area (Å²) in [7, 11) is 0. The minimum absolute atomic E-state index is 0.100. The Morgan fingerprint density at radius 3 is 3.14 bits per heavy atom. The van der Waals surface area contributed by atoms with Gasteiger partial charge < -0.3 is 9.72 Å². The maximum Gasteiger partial charge on any atom is 0.207 e. The van der Waals surface area contributed by atoms with Crippen LogP contribution in [0.2, 0.25) is 0 Å². The van der Waals surface area contributed by atoms with Gasteiger partial charge in [-0.05, 0) is 18.2 Å². The number of Topliss-reactive ketones (excluding diaryl/α,β-unsaturated/α-hetero) is 1. The van der Waals surface area contributed by atoms with Crippen LogP contribution in [0.15, 0.2) is 47.5 Å². The van der Waals surface area contributed by atoms with Crippen molar-refractivity contribution in [2.24, 2.45) is 4.99 Å². The molecule has 1 saturated heterocycles. The van der Waals surface area contributed by atoms with Crippen LogP contribution < -0.4 is 0 Å². The van der Waals surface area contributed by atoms with E-state index in [9.17, 15) is 4.79 Å². The number of nitrogens with one attached hydrogen (secondary N) is 2. The maximum atomic E-state index is 12.0. The third kappa shape index (κ3) is 2.18. The first-order valence-corrected chi connectivity index (χ1v) is 6.71. The first kappa shape index (κ1) is 12.5. The van der Waals surface area contributed by atoms with Crippen LogP contribution in [0.1, 0.15) is 12.0 Å². The Kier molecular flexibility index (Phi) is 2.82. The smallest absolute Gasteiger partial charge is 0.207 e. The maximum absolute atomic E-state index is 12.0. The van der Waals surface area contributed by atoms with E-state index in [2.05, 4.69) is 25.2 Å². The van der Waals surface area contributed by atoms with E-state index in [1.165, 1.54) is 0 Å². The van der Waals surface area contributed by atoms with Crippen molar-refractivity contribution >= 4 is 34.6 Å². The van der Waals surface area contributed by atoms with Crippen molar-refractivity contribution in [3.8, 4) is 0 Å². The van der Waals surface area contributed by atoms with Crippen molar-refractivity contribution in [1.82, 2.24) is 20.2 Å². The normalized spacial score (nSPS) is 18.5. The number of carbonyl (C=O) groups excluding carboxylic acids is 1. The topological polar surface area (TPSA) is 96.0 Å². The molecule has 0 amide bonds. The van der Waals surface area contributed by atoms with Gasteiger partial charge in [0.1, 0.15) is 5.65 Å². The van der Waals surface area contributed by atoms with Gasteiger partial charge in [0.05, 0.1) is 12.6 Å². The number of aromatic amines is 2. The Balaban J connectivity index is 1.67. The van der Waals surface area contributed by atoms with Crippen molar-refractivity contribution in [1.29, 1.82) is 0 Å². The van der Waals surface area contributed by atoms with E-state index in [-0.39, 0.29) is 18.0 Å². The fourth-order valence-electron chi connectivity index (χ4n) is 2.30. The van der Waals surface area contributed by atoms with Gasteiger partial charge in [-0.25, -0.2) is 4.98 Å². The molecule has 0 bridgehead atoms. The fourth-order valence-corrected chi connectivity index (χ4v) is 2.30. The Bertz CT molecular complexity index is 905. The van der Waals surface area contributed by atoms with Gasteiger partial charge in [-0.1, -0.05) is 0 Å². The van der Waals surface area contributed by atoms with Gasteiger partial charge in [0, 0.05) is 29.4 Å². The molecular weight excluding hydrogens is 282 g/mol. The molecule has 108 valence electrons. The van der Waals surface area contributed by atoms with Crippen LogP contribution in [-0.4, -0.2) is 31.8 Å². The molecule has 1 fully saturated rings. The summed E-state index contributed by atoms with van der Waals surface area (Å²) in [5.74, 6) is 1.10. The van der Waals surface area contributed by atoms with Crippen molar-refractivity contribution < 1.29 is 9.53 Å². The summed E-state index contributed by atoms with van der Waals surface area (Å²) in [6, 6.07) is 5.48. The lowest BCUT2D eigenvalue weighted by molar-refractivity contribution is -0.114. The highest BCUT2D eigenvalue weighted by atomic mass is 16.5. The molecule has 7 heteroatoms. The number of fused-ring (bicyclic) bond motifs is 1. The molecule has 1 aliphatic heterocycles. The highest BCUT2D eigenvalue weighted by Gasteiger charge is 2.26. The second-order valence-electron chi connectivity index (χ2n) is 4.80. The van der Waals surface area contributed by atoms with E-state index in [1.807, 2.05) is 12.1 Å². The van der Waals surface area contributed by atoms with E-state index in [0.717, 1.165) is 16.6 Å². The van der Waals surface area contributed by atoms with Gasteiger partial charge in [-0.2, -0.15) is 10.1 Å². The van der Waals surface area contributed by atoms with Crippen LogP contribution in [0.25, 0.3) is 17.1 Å². The minimum atomic E-state index is -0.100. The van der Waals surface area contributed by atoms with Gasteiger partial charge in [-0.15, -0.1) is 0 Å². The van der Waals surface area contributed by atoms with Gasteiger partial charge in [0.2, 0.25) is 11.7 Å². The largest absolute Gasteiger partial charge is 0.439 e. The molecule has 0 aliphatic carbocycles. The Hall–Kier alpha value is -3.22. The Morgan fingerprint density at radius 2 is 2.27 bits per heavy atom. The molecule has 4 rings (SSSR count). The number of hydrogen-bond donors (Lipinski definition) is 2. The number of hydrogen-bond acceptors (Lipinski definition) is 5. The number of pyridine rings is 1. The number of ether oxygens (including phenoxy) is 1. The monoisotopic (exact) mass is 293 g/mol. The number of H-pyrrole nitrogens is 2. The van der Waals surface area contributed by atoms with E-state index < -0.39 is 0 Å². The van der Waals surface area contributed by atoms with Gasteiger partial charge in [0.15, 0.2) is 11.6 Å². The summed E-state index contributed by atoms with van der Waals surface area (Å²) >= 11 is 0. The van der Waals surface area contributed by atoms with Crippen LogP contribution >= 0.6 is 0 Å². The number of carbonyl (C=O) groups is 1. The highest BCUT2D eigenvalue weighted by Crippen LogP contribution is 2.24. The van der Waals surface area contributed by atoms with Gasteiger partial charge in [0.25, 0.3) is 0 Å². The van der Waals surface area contributed by atoms with Crippen molar-refractivity contribution in [2.75, 3.05) is 0 Å². The van der Waals surface area contributed by atoms with Crippen LogP contribution in [0.4, 0.5) is 5.82 Å². The molecule has 3 aromatic heterocycles. The molecule has 0 unspecified atom stereocenters. The third-order valence-electron chi connectivity index (χ3n) is 3.32. The first-order chi connectivity index (χ1) is 10.8. The molecule has 4 heterocycles. The van der Waals surface area contributed by atoms with E-state index in [1.54, 1.807) is 30.7 Å². The Morgan fingerprint density at radius 1 is 1.32 bits per heavy atom. The summed E-state index contributed by atoms with van der Waals surface area (Å²) in [5, 5.41) is 7.44. The fraction of sp³-hybridized carbons (Fsp3) is 0.0667. The van der Waals surface area contributed by atoms with E-state index in [0.29, 0.717) is 11.7 Å². The number of nitrogens with zero attached hydrogens (tertiary/aromatic N) is 3. The highest BCUT2D eigenvalue weighted by molar-refractivity contribution is 6.15. The summed E-state index contributed by atoms with van der Waals surface area (Å²) in [4.78, 5) is 23.5. The van der Waals surface area contributed by atoms with Crippen LogP contribution in [0, 0.1) is 0 Å². The quantitative estimate of drug-likeness (QED) is 0.709. The average Bonchev–Trinajstić information content (AvgIpc) is 3.23. The molecule has 0 spiro atoms. The third-order valence-corrected chi connectivity index (χ3v) is 3.32. The van der Waals surface area contributed by atoms with Crippen molar-refractivity contribution in [3.63, 3.8) is 0 Å². The summed E-state index contributed by atoms with van der Waals surface area (Å²) in [5.41, 5.74) is 1.63. The van der Waals surface area contributed by atoms with E-state index in [4.69, 9.17) is 4.74 Å². The molecule has 0 atom stereocenters. The summed E-state index contributed by atoms with van der Waals surface area (Å²) < 4.78 is 5.55. The van der Waals surface area contributed by atoms with Crippen molar-refractivity contribution in [2.45, 2.75) is 6.42 Å². The lowest BCUT2D eigenvalue weighted by Crippen LogP contribution is -1.92. The zero-order chi connectivity index (χ0) is 14.9. The van der Waals surface area contributed by atoms with Gasteiger partial charge in [-0.3, -0.25) is 9.89 Å². The van der Waals surface area contributed by atoms with Crippen LogP contribution in [-0.2, 0) is 9.53 Å². The van der Waals surface area contributed by atoms with Crippen molar-refractivity contribution in [3.05, 3.63) is 48.1 Å². The molecular formula is C15H11N5O2. The summed E-state index contributed by atoms with van der Waals surface area (Å²) in [6.07, 6.45) is 6.95. The number of aromatic nitrogens is 4. The lowest BCUT2D eigenvalue weighted by Gasteiger charge is -1.97. The lowest BCUT2D eigenvalue weighted by atomic mass is 10.1. The summed E-state index contributed by atoms with van der Waals surface area (Å²) in [6.45, 7) is 0. The predicted octanol–water partition coefficient (Wildman–Crippen LogP) is 2.35. The second-order valence-corrected chi connectivity index (χ2v) is 4.80. The van der Waals surface area contributed by atoms with E-state index >= 15 is 0 Å². The van der Waals surface area contributed by atoms with Gasteiger partial charge >= 0.3 is 0 Å². The molecule has 2 N–H and O–H groups in total. The zero-order valence-corrected chi connectivity index (χ0v) is 11.4. The molecule has 7 nitrogen and oxygen atoms in total. The molecule has 22 heavy (non-hydrogen) atoms. The number of allylic oxidation sites excluding steroid dienone is 1. The minimum Gasteiger partial charge on any atom is -0.439 e. The number of ketones is 1. The predicted molar refractivity (Wildman–Crippen MR) is 80.5 cm³/mol. The molecule has 0 saturated carbocycles. The first-order valence-electron chi connectivity index (χ1n) is 6.71. The molecule has 0 radical (unpaired) electrons. The second kappa shape index (κ2) is 4.96. The Labute approximate surface area is 124 Å². The number of aliphatic imine (C=N–C) groups is 1. The zero-order valence-electron chi connectivity index (χ0n) is 11.4.